The zero-order valence-corrected chi connectivity index (χ0v) is 14.0. The van der Waals surface area contributed by atoms with E-state index in [2.05, 4.69) is 19.2 Å². The molecule has 0 aromatic heterocycles. The molecule has 1 nitrogen and oxygen atoms in total. The summed E-state index contributed by atoms with van der Waals surface area (Å²) in [5.74, 6) is 1.51. The maximum absolute atomic E-state index is 13.9. The monoisotopic (exact) mass is 291 g/mol. The van der Waals surface area contributed by atoms with Gasteiger partial charge in [0.25, 0.3) is 0 Å². The summed E-state index contributed by atoms with van der Waals surface area (Å²) in [6, 6.07) is 4.48. The molecular formula is C19H30FN. The molecule has 0 saturated heterocycles. The van der Waals surface area contributed by atoms with Crippen LogP contribution in [0.25, 0.3) is 0 Å². The molecule has 1 N–H and O–H groups in total. The minimum atomic E-state index is -0.0507. The number of rotatable bonds is 5. The first kappa shape index (κ1) is 16.5. The van der Waals surface area contributed by atoms with Gasteiger partial charge in [-0.3, -0.25) is 0 Å². The van der Waals surface area contributed by atoms with Gasteiger partial charge in [-0.1, -0.05) is 38.8 Å². The second-order valence-electron chi connectivity index (χ2n) is 6.92. The van der Waals surface area contributed by atoms with Crippen LogP contribution in [0, 0.1) is 31.5 Å². The van der Waals surface area contributed by atoms with Crippen LogP contribution < -0.4 is 5.32 Å². The summed E-state index contributed by atoms with van der Waals surface area (Å²) >= 11 is 0. The van der Waals surface area contributed by atoms with Crippen molar-refractivity contribution in [1.29, 1.82) is 0 Å². The normalized spacial score (nSPS) is 24.0. The Morgan fingerprint density at radius 1 is 1.14 bits per heavy atom. The van der Waals surface area contributed by atoms with Crippen LogP contribution in [0.5, 0.6) is 0 Å². The Morgan fingerprint density at radius 3 is 2.24 bits per heavy atom. The third-order valence-electron chi connectivity index (χ3n) is 4.96. The third-order valence-corrected chi connectivity index (χ3v) is 4.96. The molecule has 1 fully saturated rings. The van der Waals surface area contributed by atoms with Gasteiger partial charge in [-0.2, -0.15) is 0 Å². The van der Waals surface area contributed by atoms with Gasteiger partial charge >= 0.3 is 0 Å². The van der Waals surface area contributed by atoms with Crippen molar-refractivity contribution in [2.45, 2.75) is 65.8 Å². The van der Waals surface area contributed by atoms with Crippen molar-refractivity contribution in [3.63, 3.8) is 0 Å². The summed E-state index contributed by atoms with van der Waals surface area (Å²) < 4.78 is 13.9. The molecular weight excluding hydrogens is 261 g/mol. The number of hydrogen-bond acceptors (Lipinski definition) is 1. The Morgan fingerprint density at radius 2 is 1.71 bits per heavy atom. The Hall–Kier alpha value is -0.890. The zero-order chi connectivity index (χ0) is 15.4. The average molecular weight is 291 g/mol. The fraction of sp³-hybridized carbons (Fsp3) is 0.684. The Balaban J connectivity index is 2.23. The molecule has 1 aliphatic carbocycles. The van der Waals surface area contributed by atoms with Crippen molar-refractivity contribution in [3.05, 3.63) is 34.6 Å². The van der Waals surface area contributed by atoms with E-state index in [-0.39, 0.29) is 5.82 Å². The molecule has 1 aromatic rings. The minimum Gasteiger partial charge on any atom is -0.310 e. The van der Waals surface area contributed by atoms with E-state index in [0.717, 1.165) is 30.0 Å². The molecule has 0 radical (unpaired) electrons. The Labute approximate surface area is 129 Å². The molecule has 1 unspecified atom stereocenters. The lowest BCUT2D eigenvalue weighted by atomic mass is 9.77. The lowest BCUT2D eigenvalue weighted by Gasteiger charge is -2.34. The van der Waals surface area contributed by atoms with Gasteiger partial charge in [0.1, 0.15) is 5.82 Å². The van der Waals surface area contributed by atoms with Crippen molar-refractivity contribution in [2.75, 3.05) is 6.54 Å². The summed E-state index contributed by atoms with van der Waals surface area (Å²) in [7, 11) is 0. The molecule has 1 aliphatic rings. The molecule has 1 saturated carbocycles. The molecule has 21 heavy (non-hydrogen) atoms. The van der Waals surface area contributed by atoms with Crippen molar-refractivity contribution < 1.29 is 4.39 Å². The Kier molecular flexibility index (Phi) is 5.80. The summed E-state index contributed by atoms with van der Waals surface area (Å²) in [6.07, 6.45) is 6.37. The number of halogens is 1. The van der Waals surface area contributed by atoms with Gasteiger partial charge < -0.3 is 5.32 Å². The smallest absolute Gasteiger partial charge is 0.129 e. The van der Waals surface area contributed by atoms with Crippen LogP contribution in [0.3, 0.4) is 0 Å². The second kappa shape index (κ2) is 7.40. The molecule has 118 valence electrons. The first-order valence-electron chi connectivity index (χ1n) is 8.53. The van der Waals surface area contributed by atoms with Crippen LogP contribution in [0.15, 0.2) is 12.1 Å². The number of benzene rings is 1. The standard InChI is InChI=1S/C19H30FN/c1-5-10-21-19(16-8-6-13(2)7-9-16)17-11-14(3)18(20)15(4)12-17/h11-13,16,19,21H,5-10H2,1-4H3. The summed E-state index contributed by atoms with van der Waals surface area (Å²) in [5.41, 5.74) is 2.83. The van der Waals surface area contributed by atoms with Crippen LogP contribution in [-0.4, -0.2) is 6.54 Å². The van der Waals surface area contributed by atoms with Crippen molar-refractivity contribution in [3.8, 4) is 0 Å². The van der Waals surface area contributed by atoms with E-state index in [1.165, 1.54) is 31.2 Å². The average Bonchev–Trinajstić information content (AvgIpc) is 2.46. The largest absolute Gasteiger partial charge is 0.310 e. The summed E-state index contributed by atoms with van der Waals surface area (Å²) in [5, 5.41) is 3.72. The van der Waals surface area contributed by atoms with Crippen molar-refractivity contribution >= 4 is 0 Å². The van der Waals surface area contributed by atoms with E-state index in [0.29, 0.717) is 12.0 Å². The van der Waals surface area contributed by atoms with E-state index in [4.69, 9.17) is 0 Å². The highest BCUT2D eigenvalue weighted by atomic mass is 19.1. The van der Waals surface area contributed by atoms with Crippen LogP contribution in [-0.2, 0) is 0 Å². The van der Waals surface area contributed by atoms with E-state index in [1.807, 2.05) is 26.0 Å². The summed E-state index contributed by atoms with van der Waals surface area (Å²) in [6.45, 7) is 9.36. The van der Waals surface area contributed by atoms with E-state index in [9.17, 15) is 4.39 Å². The highest BCUT2D eigenvalue weighted by molar-refractivity contribution is 5.32. The molecule has 2 rings (SSSR count). The molecule has 1 aromatic carbocycles. The fourth-order valence-electron chi connectivity index (χ4n) is 3.63. The summed E-state index contributed by atoms with van der Waals surface area (Å²) in [4.78, 5) is 0. The number of hydrogen-bond donors (Lipinski definition) is 1. The quantitative estimate of drug-likeness (QED) is 0.775. The maximum Gasteiger partial charge on any atom is 0.129 e. The highest BCUT2D eigenvalue weighted by Gasteiger charge is 2.27. The first-order valence-corrected chi connectivity index (χ1v) is 8.53. The van der Waals surface area contributed by atoms with Gasteiger partial charge in [0.05, 0.1) is 0 Å². The second-order valence-corrected chi connectivity index (χ2v) is 6.92. The zero-order valence-electron chi connectivity index (χ0n) is 14.0. The molecule has 0 aliphatic heterocycles. The third kappa shape index (κ3) is 4.06. The maximum atomic E-state index is 13.9. The van der Waals surface area contributed by atoms with E-state index in [1.54, 1.807) is 0 Å². The number of aryl methyl sites for hydroxylation is 2. The van der Waals surface area contributed by atoms with Crippen LogP contribution in [0.4, 0.5) is 4.39 Å². The van der Waals surface area contributed by atoms with Gasteiger partial charge in [0.15, 0.2) is 0 Å². The van der Waals surface area contributed by atoms with Gasteiger partial charge in [-0.15, -0.1) is 0 Å². The van der Waals surface area contributed by atoms with Gasteiger partial charge in [0.2, 0.25) is 0 Å². The molecule has 2 heteroatoms. The molecule has 0 heterocycles. The van der Waals surface area contributed by atoms with Crippen molar-refractivity contribution in [2.24, 2.45) is 11.8 Å². The van der Waals surface area contributed by atoms with Gasteiger partial charge in [-0.25, -0.2) is 4.39 Å². The minimum absolute atomic E-state index is 0.0507. The molecule has 1 atom stereocenters. The van der Waals surface area contributed by atoms with E-state index < -0.39 is 0 Å². The van der Waals surface area contributed by atoms with Crippen LogP contribution >= 0.6 is 0 Å². The molecule has 0 bridgehead atoms. The first-order chi connectivity index (χ1) is 10.0. The Bertz CT molecular complexity index is 438. The van der Waals surface area contributed by atoms with E-state index >= 15 is 0 Å². The van der Waals surface area contributed by atoms with Crippen LogP contribution in [0.1, 0.15) is 68.7 Å². The predicted octanol–water partition coefficient (Wildman–Crippen LogP) is 5.31. The topological polar surface area (TPSA) is 12.0 Å². The van der Waals surface area contributed by atoms with Gasteiger partial charge in [0, 0.05) is 6.04 Å². The lowest BCUT2D eigenvalue weighted by Crippen LogP contribution is -2.31. The predicted molar refractivity (Wildman–Crippen MR) is 88.0 cm³/mol. The molecule has 0 amide bonds. The molecule has 0 spiro atoms. The van der Waals surface area contributed by atoms with Gasteiger partial charge in [-0.05, 0) is 68.2 Å². The lowest BCUT2D eigenvalue weighted by molar-refractivity contribution is 0.231. The van der Waals surface area contributed by atoms with Crippen molar-refractivity contribution in [1.82, 2.24) is 5.32 Å². The SMILES string of the molecule is CCCNC(c1cc(C)c(F)c(C)c1)C1CCC(C)CC1. The highest BCUT2D eigenvalue weighted by Crippen LogP contribution is 2.37. The fourth-order valence-corrected chi connectivity index (χ4v) is 3.63. The van der Waals surface area contributed by atoms with Crippen LogP contribution in [0.2, 0.25) is 0 Å². The number of nitrogens with one attached hydrogen (secondary N) is 1.